The van der Waals surface area contributed by atoms with E-state index < -0.39 is 0 Å². The molecule has 3 nitrogen and oxygen atoms in total. The minimum atomic E-state index is 0.435. The average molecular weight is 207 g/mol. The van der Waals surface area contributed by atoms with Gasteiger partial charge in [0.25, 0.3) is 0 Å². The van der Waals surface area contributed by atoms with Crippen molar-refractivity contribution in [2.24, 2.45) is 0 Å². The Labute approximate surface area is 92.4 Å². The molecule has 2 aliphatic heterocycles. The molecule has 2 rings (SSSR count). The normalized spacial score (nSPS) is 34.1. The van der Waals surface area contributed by atoms with Crippen LogP contribution < -0.4 is 5.32 Å². The quantitative estimate of drug-likeness (QED) is 0.762. The first-order chi connectivity index (χ1) is 7.33. The van der Waals surface area contributed by atoms with E-state index in [1.54, 1.807) is 0 Å². The molecule has 2 saturated heterocycles. The first-order valence-electron chi connectivity index (χ1n) is 6.19. The molecule has 0 saturated carbocycles. The van der Waals surface area contributed by atoms with E-state index in [4.69, 9.17) is 5.26 Å². The minimum absolute atomic E-state index is 0.435. The summed E-state index contributed by atoms with van der Waals surface area (Å²) in [6.45, 7) is 4.56. The van der Waals surface area contributed by atoms with Crippen LogP contribution in [0.3, 0.4) is 0 Å². The summed E-state index contributed by atoms with van der Waals surface area (Å²) in [7, 11) is 0. The predicted molar refractivity (Wildman–Crippen MR) is 60.4 cm³/mol. The Bertz CT molecular complexity index is 240. The molecule has 0 radical (unpaired) electrons. The van der Waals surface area contributed by atoms with Crippen LogP contribution in [-0.2, 0) is 0 Å². The van der Waals surface area contributed by atoms with Crippen molar-refractivity contribution >= 4 is 0 Å². The summed E-state index contributed by atoms with van der Waals surface area (Å²) in [5, 5.41) is 12.4. The van der Waals surface area contributed by atoms with Gasteiger partial charge in [-0.1, -0.05) is 0 Å². The Kier molecular flexibility index (Phi) is 3.61. The van der Waals surface area contributed by atoms with Gasteiger partial charge in [0.1, 0.15) is 0 Å². The van der Waals surface area contributed by atoms with Gasteiger partial charge in [-0.2, -0.15) is 5.26 Å². The van der Waals surface area contributed by atoms with Crippen LogP contribution in [0, 0.1) is 11.3 Å². The highest BCUT2D eigenvalue weighted by atomic mass is 15.2. The molecule has 3 heteroatoms. The van der Waals surface area contributed by atoms with Crippen LogP contribution in [0.15, 0.2) is 0 Å². The second kappa shape index (κ2) is 4.96. The number of hydrogen-bond acceptors (Lipinski definition) is 3. The van der Waals surface area contributed by atoms with Gasteiger partial charge >= 0.3 is 0 Å². The van der Waals surface area contributed by atoms with Crippen LogP contribution in [0.5, 0.6) is 0 Å². The van der Waals surface area contributed by atoms with E-state index in [2.05, 4.69) is 23.2 Å². The summed E-state index contributed by atoms with van der Waals surface area (Å²) in [6.07, 6.45) is 5.93. The van der Waals surface area contributed by atoms with Gasteiger partial charge in [-0.3, -0.25) is 4.90 Å². The number of rotatable bonds is 3. The topological polar surface area (TPSA) is 39.1 Å². The maximum atomic E-state index is 8.76. The third-order valence-electron chi connectivity index (χ3n) is 3.86. The van der Waals surface area contributed by atoms with Gasteiger partial charge < -0.3 is 5.32 Å². The maximum Gasteiger partial charge on any atom is 0.0638 e. The molecule has 0 bridgehead atoms. The zero-order chi connectivity index (χ0) is 10.7. The van der Waals surface area contributed by atoms with Crippen LogP contribution in [0.2, 0.25) is 0 Å². The maximum absolute atomic E-state index is 8.76. The summed E-state index contributed by atoms with van der Waals surface area (Å²) >= 11 is 0. The highest BCUT2D eigenvalue weighted by Crippen LogP contribution is 2.27. The number of nitriles is 1. The van der Waals surface area contributed by atoms with Crippen LogP contribution in [0.25, 0.3) is 0 Å². The highest BCUT2D eigenvalue weighted by molar-refractivity contribution is 4.95. The number of nitrogens with zero attached hydrogens (tertiary/aromatic N) is 2. The molecule has 2 aliphatic rings. The van der Waals surface area contributed by atoms with Gasteiger partial charge in [0.2, 0.25) is 0 Å². The van der Waals surface area contributed by atoms with Crippen molar-refractivity contribution in [2.45, 2.75) is 57.2 Å². The van der Waals surface area contributed by atoms with Gasteiger partial charge in [0.15, 0.2) is 0 Å². The molecule has 3 atom stereocenters. The molecule has 2 fully saturated rings. The van der Waals surface area contributed by atoms with Crippen LogP contribution in [0.1, 0.15) is 39.0 Å². The molecular weight excluding hydrogens is 186 g/mol. The summed E-state index contributed by atoms with van der Waals surface area (Å²) in [5.41, 5.74) is 0. The zero-order valence-corrected chi connectivity index (χ0v) is 9.58. The molecule has 15 heavy (non-hydrogen) atoms. The predicted octanol–water partition coefficient (Wildman–Crippen LogP) is 1.50. The van der Waals surface area contributed by atoms with Crippen molar-refractivity contribution in [1.82, 2.24) is 10.2 Å². The number of nitrogens with one attached hydrogen (secondary N) is 1. The molecule has 0 spiro atoms. The third kappa shape index (κ3) is 2.32. The van der Waals surface area contributed by atoms with E-state index in [9.17, 15) is 0 Å². The first-order valence-corrected chi connectivity index (χ1v) is 6.19. The Morgan fingerprint density at radius 3 is 3.00 bits per heavy atom. The van der Waals surface area contributed by atoms with E-state index in [1.165, 1.54) is 38.8 Å². The van der Waals surface area contributed by atoms with Gasteiger partial charge in [-0.15, -0.1) is 0 Å². The minimum Gasteiger partial charge on any atom is -0.312 e. The lowest BCUT2D eigenvalue weighted by Crippen LogP contribution is -2.47. The molecule has 3 unspecified atom stereocenters. The first kappa shape index (κ1) is 10.9. The summed E-state index contributed by atoms with van der Waals surface area (Å²) in [6, 6.07) is 4.11. The summed E-state index contributed by atoms with van der Waals surface area (Å²) < 4.78 is 0. The van der Waals surface area contributed by atoms with Crippen LogP contribution in [0.4, 0.5) is 0 Å². The second-order valence-corrected chi connectivity index (χ2v) is 4.86. The monoisotopic (exact) mass is 207 g/mol. The lowest BCUT2D eigenvalue weighted by Gasteiger charge is -2.33. The molecule has 0 aromatic rings. The molecule has 0 aliphatic carbocycles. The van der Waals surface area contributed by atoms with Crippen LogP contribution >= 0.6 is 0 Å². The Balaban J connectivity index is 1.95. The molecule has 0 amide bonds. The fourth-order valence-electron chi connectivity index (χ4n) is 3.08. The van der Waals surface area contributed by atoms with Crippen molar-refractivity contribution in [2.75, 3.05) is 13.1 Å². The van der Waals surface area contributed by atoms with Crippen molar-refractivity contribution in [3.8, 4) is 6.07 Å². The lowest BCUT2D eigenvalue weighted by atomic mass is 10.0. The number of hydrogen-bond donors (Lipinski definition) is 1. The smallest absolute Gasteiger partial charge is 0.0638 e. The molecule has 0 aromatic carbocycles. The lowest BCUT2D eigenvalue weighted by molar-refractivity contribution is 0.164. The Hall–Kier alpha value is -0.590. The summed E-state index contributed by atoms with van der Waals surface area (Å²) in [4.78, 5) is 2.55. The highest BCUT2D eigenvalue weighted by Gasteiger charge is 2.35. The fourth-order valence-corrected chi connectivity index (χ4v) is 3.08. The van der Waals surface area contributed by atoms with E-state index in [0.29, 0.717) is 24.5 Å². The molecule has 1 N–H and O–H groups in total. The Morgan fingerprint density at radius 1 is 1.47 bits per heavy atom. The largest absolute Gasteiger partial charge is 0.312 e. The van der Waals surface area contributed by atoms with E-state index in [-0.39, 0.29) is 0 Å². The number of likely N-dealkylation sites (tertiary alicyclic amines) is 1. The third-order valence-corrected chi connectivity index (χ3v) is 3.86. The van der Waals surface area contributed by atoms with Crippen LogP contribution in [-0.4, -0.2) is 36.1 Å². The van der Waals surface area contributed by atoms with Gasteiger partial charge in [0.05, 0.1) is 12.5 Å². The zero-order valence-electron chi connectivity index (χ0n) is 9.58. The molecule has 84 valence electrons. The molecular formula is C12H21N3. The molecule has 0 aromatic heterocycles. The second-order valence-electron chi connectivity index (χ2n) is 4.86. The van der Waals surface area contributed by atoms with Crippen molar-refractivity contribution in [1.29, 1.82) is 5.26 Å². The van der Waals surface area contributed by atoms with Crippen molar-refractivity contribution in [3.05, 3.63) is 0 Å². The standard InChI is InChI=1S/C12H21N3/c1-10(6-7-13)15-9-3-5-12(15)11-4-2-8-14-11/h10-12,14H,2-6,8-9H2,1H3. The van der Waals surface area contributed by atoms with E-state index in [0.717, 1.165) is 0 Å². The van der Waals surface area contributed by atoms with E-state index >= 15 is 0 Å². The van der Waals surface area contributed by atoms with Gasteiger partial charge in [-0.25, -0.2) is 0 Å². The Morgan fingerprint density at radius 2 is 2.33 bits per heavy atom. The van der Waals surface area contributed by atoms with Crippen molar-refractivity contribution in [3.63, 3.8) is 0 Å². The summed E-state index contributed by atoms with van der Waals surface area (Å²) in [5.74, 6) is 0. The van der Waals surface area contributed by atoms with Gasteiger partial charge in [-0.05, 0) is 45.7 Å². The van der Waals surface area contributed by atoms with Crippen molar-refractivity contribution < 1.29 is 0 Å². The van der Waals surface area contributed by atoms with E-state index in [1.807, 2.05) is 0 Å². The molecule has 2 heterocycles. The van der Waals surface area contributed by atoms with Gasteiger partial charge in [0, 0.05) is 18.1 Å². The average Bonchev–Trinajstić information content (AvgIpc) is 2.88. The fraction of sp³-hybridized carbons (Fsp3) is 0.917. The SMILES string of the molecule is CC(CC#N)N1CCCC1C1CCCN1.